The highest BCUT2D eigenvalue weighted by Gasteiger charge is 2.41. The van der Waals surface area contributed by atoms with Crippen LogP contribution in [0.3, 0.4) is 0 Å². The lowest BCUT2D eigenvalue weighted by Gasteiger charge is -2.25. The third kappa shape index (κ3) is 2.66. The van der Waals surface area contributed by atoms with Crippen molar-refractivity contribution in [2.75, 3.05) is 26.7 Å². The Morgan fingerprint density at radius 1 is 1.23 bits per heavy atom. The summed E-state index contributed by atoms with van der Waals surface area (Å²) in [7, 11) is 3.40. The molecule has 0 spiro atoms. The number of hydrogen-bond donors (Lipinski definition) is 0. The minimum atomic E-state index is -0.165. The first kappa shape index (κ1) is 16.7. The fraction of sp³-hybridized carbons (Fsp3) is 0.444. The molecule has 2 amide bonds. The molecular formula is C18H20N4O4. The zero-order valence-electron chi connectivity index (χ0n) is 14.7. The lowest BCUT2D eigenvalue weighted by Crippen LogP contribution is -2.43. The van der Waals surface area contributed by atoms with Crippen LogP contribution in [0.5, 0.6) is 0 Å². The van der Waals surface area contributed by atoms with E-state index in [1.165, 1.54) is 10.9 Å². The number of amides is 2. The van der Waals surface area contributed by atoms with Crippen LogP contribution < -0.4 is 5.56 Å². The monoisotopic (exact) mass is 356 g/mol. The van der Waals surface area contributed by atoms with Crippen molar-refractivity contribution in [3.8, 4) is 0 Å². The highest BCUT2D eigenvalue weighted by Crippen LogP contribution is 2.24. The van der Waals surface area contributed by atoms with E-state index in [1.54, 1.807) is 42.1 Å². The first-order valence-corrected chi connectivity index (χ1v) is 8.57. The summed E-state index contributed by atoms with van der Waals surface area (Å²) in [6, 6.07) is 4.80. The molecule has 4 rings (SSSR count). The minimum Gasteiger partial charge on any atom is -0.374 e. The van der Waals surface area contributed by atoms with Gasteiger partial charge in [0, 0.05) is 32.7 Å². The number of fused-ring (bicyclic) bond motifs is 2. The number of aryl methyl sites for hydroxylation is 1. The van der Waals surface area contributed by atoms with Crippen molar-refractivity contribution in [3.63, 3.8) is 0 Å². The van der Waals surface area contributed by atoms with Crippen LogP contribution >= 0.6 is 0 Å². The van der Waals surface area contributed by atoms with Gasteiger partial charge in [0.05, 0.1) is 42.4 Å². The van der Waals surface area contributed by atoms with Crippen molar-refractivity contribution < 1.29 is 14.3 Å². The van der Waals surface area contributed by atoms with Crippen LogP contribution in [0.25, 0.3) is 10.9 Å². The Kier molecular flexibility index (Phi) is 3.99. The van der Waals surface area contributed by atoms with Crippen molar-refractivity contribution >= 4 is 22.7 Å². The molecule has 0 N–H and O–H groups in total. The number of likely N-dealkylation sites (N-methyl/N-ethyl adjacent to an activating group) is 1. The molecule has 0 saturated carbocycles. The Morgan fingerprint density at radius 2 is 2.04 bits per heavy atom. The lowest BCUT2D eigenvalue weighted by atomic mass is 10.1. The topological polar surface area (TPSA) is 84.7 Å². The van der Waals surface area contributed by atoms with E-state index in [9.17, 15) is 14.4 Å². The van der Waals surface area contributed by atoms with Gasteiger partial charge in [0.15, 0.2) is 0 Å². The number of carbonyl (C=O) groups is 2. The maximum Gasteiger partial charge on any atom is 0.260 e. The molecular weight excluding hydrogens is 336 g/mol. The zero-order chi connectivity index (χ0) is 18.4. The summed E-state index contributed by atoms with van der Waals surface area (Å²) < 4.78 is 7.18. The normalized spacial score (nSPS) is 23.2. The van der Waals surface area contributed by atoms with E-state index >= 15 is 0 Å². The van der Waals surface area contributed by atoms with Gasteiger partial charge in [-0.1, -0.05) is 0 Å². The predicted molar refractivity (Wildman–Crippen MR) is 93.8 cm³/mol. The maximum absolute atomic E-state index is 12.9. The summed E-state index contributed by atoms with van der Waals surface area (Å²) in [5.41, 5.74) is 0.825. The summed E-state index contributed by atoms with van der Waals surface area (Å²) in [5.74, 6) is -0.107. The molecule has 0 unspecified atom stereocenters. The molecule has 0 aliphatic carbocycles. The Hall–Kier alpha value is -2.74. The van der Waals surface area contributed by atoms with Gasteiger partial charge in [-0.25, -0.2) is 4.98 Å². The quantitative estimate of drug-likeness (QED) is 0.718. The van der Waals surface area contributed by atoms with Crippen molar-refractivity contribution in [2.45, 2.75) is 18.6 Å². The van der Waals surface area contributed by atoms with Crippen molar-refractivity contribution in [1.82, 2.24) is 19.4 Å². The Balaban J connectivity index is 1.60. The van der Waals surface area contributed by atoms with Gasteiger partial charge in [0.1, 0.15) is 0 Å². The van der Waals surface area contributed by atoms with Crippen LogP contribution in [-0.2, 0) is 16.6 Å². The number of benzene rings is 1. The summed E-state index contributed by atoms with van der Waals surface area (Å²) in [4.78, 5) is 44.7. The molecule has 26 heavy (non-hydrogen) atoms. The molecule has 1 aromatic carbocycles. The number of aromatic nitrogens is 2. The number of carbonyl (C=O) groups excluding carboxylic acids is 2. The third-order valence-corrected chi connectivity index (χ3v) is 5.23. The second kappa shape index (κ2) is 6.21. The summed E-state index contributed by atoms with van der Waals surface area (Å²) in [5, 5.41) is 0.479. The number of nitrogens with zero attached hydrogens (tertiary/aromatic N) is 4. The van der Waals surface area contributed by atoms with Gasteiger partial charge < -0.3 is 19.1 Å². The standard InChI is InChI=1S/C18H20N4O4/c1-20-10-19-13-7-11(3-4-12(13)18(20)25)17(24)22-8-14-15(9-22)26-6-5-16(23)21(14)2/h3-4,7,10,14-15H,5-6,8-9H2,1-2H3/t14-,15-/m0/s1. The van der Waals surface area contributed by atoms with Crippen LogP contribution in [-0.4, -0.2) is 70.1 Å². The van der Waals surface area contributed by atoms with Crippen molar-refractivity contribution in [2.24, 2.45) is 7.05 Å². The second-order valence-electron chi connectivity index (χ2n) is 6.83. The van der Waals surface area contributed by atoms with Gasteiger partial charge in [-0.2, -0.15) is 0 Å². The highest BCUT2D eigenvalue weighted by atomic mass is 16.5. The van der Waals surface area contributed by atoms with Gasteiger partial charge in [0.2, 0.25) is 5.91 Å². The van der Waals surface area contributed by atoms with Gasteiger partial charge in [-0.3, -0.25) is 14.4 Å². The molecule has 8 heteroatoms. The van der Waals surface area contributed by atoms with E-state index in [1.807, 2.05) is 0 Å². The average molecular weight is 356 g/mol. The Bertz CT molecular complexity index is 954. The molecule has 136 valence electrons. The van der Waals surface area contributed by atoms with Gasteiger partial charge in [0.25, 0.3) is 11.5 Å². The van der Waals surface area contributed by atoms with E-state index < -0.39 is 0 Å². The van der Waals surface area contributed by atoms with E-state index in [2.05, 4.69) is 4.98 Å². The Morgan fingerprint density at radius 3 is 2.85 bits per heavy atom. The lowest BCUT2D eigenvalue weighted by molar-refractivity contribution is -0.131. The molecule has 2 fully saturated rings. The highest BCUT2D eigenvalue weighted by molar-refractivity contribution is 5.98. The van der Waals surface area contributed by atoms with Gasteiger partial charge >= 0.3 is 0 Å². The molecule has 0 bridgehead atoms. The number of likely N-dealkylation sites (tertiary alicyclic amines) is 1. The van der Waals surface area contributed by atoms with E-state index in [0.29, 0.717) is 42.6 Å². The van der Waals surface area contributed by atoms with Crippen molar-refractivity contribution in [1.29, 1.82) is 0 Å². The van der Waals surface area contributed by atoms with E-state index in [-0.39, 0.29) is 29.5 Å². The van der Waals surface area contributed by atoms with Crippen LogP contribution in [0.2, 0.25) is 0 Å². The Labute approximate surface area is 150 Å². The minimum absolute atomic E-state index is 0.0394. The fourth-order valence-corrected chi connectivity index (χ4v) is 3.64. The third-order valence-electron chi connectivity index (χ3n) is 5.23. The first-order chi connectivity index (χ1) is 12.5. The van der Waals surface area contributed by atoms with Crippen LogP contribution in [0.15, 0.2) is 29.3 Å². The maximum atomic E-state index is 12.9. The SMILES string of the molecule is CN1C(=O)CCO[C@H]2CN(C(=O)c3ccc4c(=O)n(C)cnc4c3)C[C@@H]21. The molecule has 2 aliphatic rings. The molecule has 1 aromatic heterocycles. The molecule has 3 heterocycles. The largest absolute Gasteiger partial charge is 0.374 e. The predicted octanol–water partition coefficient (Wildman–Crippen LogP) is 0.00520. The summed E-state index contributed by atoms with van der Waals surface area (Å²) in [6.45, 7) is 1.27. The van der Waals surface area contributed by atoms with E-state index in [4.69, 9.17) is 4.74 Å². The van der Waals surface area contributed by atoms with Gasteiger partial charge in [-0.15, -0.1) is 0 Å². The zero-order valence-corrected chi connectivity index (χ0v) is 14.7. The smallest absolute Gasteiger partial charge is 0.260 e. The number of hydrogen-bond acceptors (Lipinski definition) is 5. The van der Waals surface area contributed by atoms with E-state index in [0.717, 1.165) is 0 Å². The first-order valence-electron chi connectivity index (χ1n) is 8.57. The fourth-order valence-electron chi connectivity index (χ4n) is 3.64. The van der Waals surface area contributed by atoms with Crippen LogP contribution in [0.4, 0.5) is 0 Å². The molecule has 2 aliphatic heterocycles. The molecule has 2 aromatic rings. The van der Waals surface area contributed by atoms with Crippen LogP contribution in [0, 0.1) is 0 Å². The number of ether oxygens (including phenoxy) is 1. The molecule has 0 radical (unpaired) electrons. The second-order valence-corrected chi connectivity index (χ2v) is 6.83. The molecule has 2 saturated heterocycles. The molecule has 8 nitrogen and oxygen atoms in total. The summed E-state index contributed by atoms with van der Waals surface area (Å²) in [6.07, 6.45) is 1.66. The van der Waals surface area contributed by atoms with Gasteiger partial charge in [-0.05, 0) is 18.2 Å². The van der Waals surface area contributed by atoms with Crippen molar-refractivity contribution in [3.05, 3.63) is 40.4 Å². The average Bonchev–Trinajstić information content (AvgIpc) is 3.02. The number of rotatable bonds is 1. The van der Waals surface area contributed by atoms with Crippen LogP contribution in [0.1, 0.15) is 16.8 Å². The molecule has 2 atom stereocenters. The summed E-state index contributed by atoms with van der Waals surface area (Å²) >= 11 is 0.